The Morgan fingerprint density at radius 2 is 1.95 bits per heavy atom. The first kappa shape index (κ1) is 14.4. The van der Waals surface area contributed by atoms with Gasteiger partial charge in [-0.05, 0) is 37.8 Å². The van der Waals surface area contributed by atoms with Crippen molar-refractivity contribution in [3.05, 3.63) is 35.4 Å². The highest BCUT2D eigenvalue weighted by Gasteiger charge is 2.60. The van der Waals surface area contributed by atoms with E-state index in [1.165, 1.54) is 12.1 Å². The van der Waals surface area contributed by atoms with Crippen LogP contribution in [0.25, 0.3) is 0 Å². The predicted octanol–water partition coefficient (Wildman–Crippen LogP) is 2.97. The van der Waals surface area contributed by atoms with E-state index >= 15 is 0 Å². The van der Waals surface area contributed by atoms with E-state index in [0.29, 0.717) is 5.56 Å². The minimum atomic E-state index is -0.612. The summed E-state index contributed by atoms with van der Waals surface area (Å²) in [6, 6.07) is 3.52. The molecule has 0 aromatic heterocycles. The van der Waals surface area contributed by atoms with Gasteiger partial charge in [-0.1, -0.05) is 13.8 Å². The zero-order chi connectivity index (χ0) is 15.4. The fourth-order valence-electron chi connectivity index (χ4n) is 2.93. The molecule has 0 radical (unpaired) electrons. The molecule has 1 aromatic carbocycles. The van der Waals surface area contributed by atoms with Crippen molar-refractivity contribution in [3.63, 3.8) is 0 Å². The van der Waals surface area contributed by atoms with Crippen LogP contribution in [0.3, 0.4) is 0 Å². The van der Waals surface area contributed by atoms with Crippen LogP contribution in [0.15, 0.2) is 18.2 Å². The molecule has 21 heavy (non-hydrogen) atoms. The average Bonchev–Trinajstić information content (AvgIpc) is 3.12. The van der Waals surface area contributed by atoms with Crippen LogP contribution in [0.4, 0.5) is 8.78 Å². The number of nitrogens with zero attached hydrogens (tertiary/aromatic N) is 1. The molecule has 3 rings (SSSR count). The van der Waals surface area contributed by atoms with E-state index in [1.54, 1.807) is 4.90 Å². The summed E-state index contributed by atoms with van der Waals surface area (Å²) in [5.74, 6) is -0.919. The van der Waals surface area contributed by atoms with Crippen molar-refractivity contribution in [1.82, 2.24) is 10.2 Å². The molecule has 5 heteroatoms. The monoisotopic (exact) mass is 294 g/mol. The van der Waals surface area contributed by atoms with Crippen molar-refractivity contribution in [2.24, 2.45) is 5.92 Å². The third kappa shape index (κ3) is 2.24. The fraction of sp³-hybridized carbons (Fsp3) is 0.562. The second-order valence-electron chi connectivity index (χ2n) is 6.49. The quantitative estimate of drug-likeness (QED) is 0.929. The van der Waals surface area contributed by atoms with Gasteiger partial charge in [-0.15, -0.1) is 0 Å². The van der Waals surface area contributed by atoms with Crippen LogP contribution < -0.4 is 5.32 Å². The Morgan fingerprint density at radius 3 is 2.48 bits per heavy atom. The summed E-state index contributed by atoms with van der Waals surface area (Å²) in [6.45, 7) is 6.04. The molecule has 2 fully saturated rings. The zero-order valence-electron chi connectivity index (χ0n) is 12.5. The van der Waals surface area contributed by atoms with Crippen molar-refractivity contribution in [3.8, 4) is 0 Å². The van der Waals surface area contributed by atoms with Gasteiger partial charge in [0, 0.05) is 17.7 Å². The molecule has 2 unspecified atom stereocenters. The molecule has 114 valence electrons. The topological polar surface area (TPSA) is 32.3 Å². The number of amides is 1. The summed E-state index contributed by atoms with van der Waals surface area (Å²) in [7, 11) is 0. The number of halogens is 2. The molecule has 1 saturated carbocycles. The summed E-state index contributed by atoms with van der Waals surface area (Å²) in [6.07, 6.45) is 1.05. The molecular weight excluding hydrogens is 274 g/mol. The number of hydrogen-bond donors (Lipinski definition) is 1. The summed E-state index contributed by atoms with van der Waals surface area (Å²) < 4.78 is 27.2. The van der Waals surface area contributed by atoms with Crippen molar-refractivity contribution in [2.75, 3.05) is 0 Å². The second kappa shape index (κ2) is 4.77. The molecule has 2 aliphatic rings. The van der Waals surface area contributed by atoms with E-state index in [0.717, 1.165) is 18.9 Å². The first-order chi connectivity index (χ1) is 9.85. The molecule has 1 heterocycles. The number of carbonyl (C=O) groups excluding carboxylic acids is 1. The molecule has 1 saturated heterocycles. The van der Waals surface area contributed by atoms with Crippen LogP contribution in [0.5, 0.6) is 0 Å². The number of benzene rings is 1. The normalized spacial score (nSPS) is 25.0. The highest BCUT2D eigenvalue weighted by Crippen LogP contribution is 2.47. The van der Waals surface area contributed by atoms with E-state index in [9.17, 15) is 13.6 Å². The highest BCUT2D eigenvalue weighted by atomic mass is 19.1. The molecule has 3 nitrogen and oxygen atoms in total. The standard InChI is InChI=1S/C16H20F2N2O/c1-9(2)10(3)20-14(19-16(6-7-16)15(20)21)12-5-4-11(17)8-13(12)18/h4-5,8-10,14,19H,6-7H2,1-3H3. The van der Waals surface area contributed by atoms with Gasteiger partial charge in [0.25, 0.3) is 0 Å². The van der Waals surface area contributed by atoms with E-state index in [-0.39, 0.29) is 17.9 Å². The molecule has 2 atom stereocenters. The van der Waals surface area contributed by atoms with Crippen LogP contribution in [0.2, 0.25) is 0 Å². The van der Waals surface area contributed by atoms with E-state index in [4.69, 9.17) is 0 Å². The van der Waals surface area contributed by atoms with Crippen molar-refractivity contribution in [1.29, 1.82) is 0 Å². The third-order valence-electron chi connectivity index (χ3n) is 4.75. The molecule has 1 N–H and O–H groups in total. The minimum absolute atomic E-state index is 0.0144. The second-order valence-corrected chi connectivity index (χ2v) is 6.49. The number of carbonyl (C=O) groups is 1. The Morgan fingerprint density at radius 1 is 1.29 bits per heavy atom. The molecular formula is C16H20F2N2O. The maximum absolute atomic E-state index is 14.1. The van der Waals surface area contributed by atoms with Crippen LogP contribution in [-0.4, -0.2) is 22.4 Å². The van der Waals surface area contributed by atoms with Crippen LogP contribution in [-0.2, 0) is 4.79 Å². The molecule has 1 aliphatic heterocycles. The largest absolute Gasteiger partial charge is 0.318 e. The van der Waals surface area contributed by atoms with Gasteiger partial charge >= 0.3 is 0 Å². The lowest BCUT2D eigenvalue weighted by Gasteiger charge is -2.33. The molecule has 1 aromatic rings. The van der Waals surface area contributed by atoms with Crippen molar-refractivity contribution in [2.45, 2.75) is 51.4 Å². The van der Waals surface area contributed by atoms with Gasteiger partial charge in [0.05, 0.1) is 0 Å². The lowest BCUT2D eigenvalue weighted by Crippen LogP contribution is -2.41. The van der Waals surface area contributed by atoms with Gasteiger partial charge in [0.2, 0.25) is 5.91 Å². The summed E-state index contributed by atoms with van der Waals surface area (Å²) in [5, 5.41) is 3.27. The first-order valence-electron chi connectivity index (χ1n) is 7.41. The molecule has 0 bridgehead atoms. The summed E-state index contributed by atoms with van der Waals surface area (Å²) in [4.78, 5) is 14.4. The van der Waals surface area contributed by atoms with E-state index < -0.39 is 23.3 Å². The van der Waals surface area contributed by atoms with Gasteiger partial charge < -0.3 is 4.90 Å². The smallest absolute Gasteiger partial charge is 0.244 e. The van der Waals surface area contributed by atoms with Crippen molar-refractivity contribution < 1.29 is 13.6 Å². The Hall–Kier alpha value is -1.49. The summed E-state index contributed by atoms with van der Waals surface area (Å²) >= 11 is 0. The first-order valence-corrected chi connectivity index (χ1v) is 7.41. The van der Waals surface area contributed by atoms with Crippen LogP contribution >= 0.6 is 0 Å². The lowest BCUT2D eigenvalue weighted by atomic mass is 10.0. The maximum Gasteiger partial charge on any atom is 0.244 e. The fourth-order valence-corrected chi connectivity index (χ4v) is 2.93. The Labute approximate surface area is 123 Å². The Kier molecular flexibility index (Phi) is 3.28. The van der Waals surface area contributed by atoms with Gasteiger partial charge in [-0.25, -0.2) is 8.78 Å². The van der Waals surface area contributed by atoms with E-state index in [1.807, 2.05) is 20.8 Å². The van der Waals surface area contributed by atoms with Gasteiger partial charge in [0.1, 0.15) is 23.3 Å². The molecule has 1 amide bonds. The predicted molar refractivity (Wildman–Crippen MR) is 75.3 cm³/mol. The molecule has 1 aliphatic carbocycles. The minimum Gasteiger partial charge on any atom is -0.318 e. The Bertz CT molecular complexity index is 584. The summed E-state index contributed by atoms with van der Waals surface area (Å²) in [5.41, 5.74) is -0.185. The maximum atomic E-state index is 14.1. The van der Waals surface area contributed by atoms with Crippen molar-refractivity contribution >= 4 is 5.91 Å². The van der Waals surface area contributed by atoms with Gasteiger partial charge in [-0.2, -0.15) is 0 Å². The SMILES string of the molecule is CC(C)C(C)N1C(=O)C2(CC2)NC1c1ccc(F)cc1F. The highest BCUT2D eigenvalue weighted by molar-refractivity contribution is 5.92. The van der Waals surface area contributed by atoms with Crippen LogP contribution in [0.1, 0.15) is 45.3 Å². The number of rotatable bonds is 3. The molecule has 1 spiro atoms. The number of hydrogen-bond acceptors (Lipinski definition) is 2. The Balaban J connectivity index is 2.00. The average molecular weight is 294 g/mol. The van der Waals surface area contributed by atoms with Crippen LogP contribution in [0, 0.1) is 17.6 Å². The zero-order valence-corrected chi connectivity index (χ0v) is 12.5. The lowest BCUT2D eigenvalue weighted by molar-refractivity contribution is -0.133. The van der Waals surface area contributed by atoms with Gasteiger partial charge in [-0.3, -0.25) is 10.1 Å². The third-order valence-corrected chi connectivity index (χ3v) is 4.75. The van der Waals surface area contributed by atoms with Gasteiger partial charge in [0.15, 0.2) is 0 Å². The number of nitrogens with one attached hydrogen (secondary N) is 1. The van der Waals surface area contributed by atoms with E-state index in [2.05, 4.69) is 5.32 Å².